The zero-order chi connectivity index (χ0) is 17.1. The summed E-state index contributed by atoms with van der Waals surface area (Å²) in [4.78, 5) is 16.4. The minimum Gasteiger partial charge on any atom is -0.479 e. The maximum Gasteiger partial charge on any atom is 0.262 e. The van der Waals surface area contributed by atoms with E-state index in [9.17, 15) is 4.79 Å². The molecule has 1 N–H and O–H groups in total. The molecule has 5 heteroatoms. The van der Waals surface area contributed by atoms with Crippen LogP contribution in [0.4, 0.5) is 0 Å². The Bertz CT molecular complexity index is 601. The number of hydrogen-bond donors (Lipinski definition) is 1. The molecule has 1 aliphatic carbocycles. The Labute approximate surface area is 154 Å². The summed E-state index contributed by atoms with van der Waals surface area (Å²) in [7, 11) is 0. The zero-order valence-corrected chi connectivity index (χ0v) is 15.6. The smallest absolute Gasteiger partial charge is 0.262 e. The number of fused-ring (bicyclic) bond motifs is 1. The number of rotatable bonds is 3. The first-order valence-corrected chi connectivity index (χ1v) is 10.7. The number of para-hydroxylation sites is 1. The third kappa shape index (κ3) is 4.14. The van der Waals surface area contributed by atoms with Crippen molar-refractivity contribution in [3.8, 4) is 5.75 Å². The number of carbonyl (C=O) groups excluding carboxylic acids is 1. The van der Waals surface area contributed by atoms with Crippen molar-refractivity contribution in [1.82, 2.24) is 10.2 Å². The van der Waals surface area contributed by atoms with E-state index in [0.29, 0.717) is 5.75 Å². The van der Waals surface area contributed by atoms with E-state index in [4.69, 9.17) is 4.74 Å². The topological polar surface area (TPSA) is 41.6 Å². The molecule has 136 valence electrons. The third-order valence-electron chi connectivity index (χ3n) is 5.71. The van der Waals surface area contributed by atoms with Crippen molar-refractivity contribution >= 4 is 17.7 Å². The Morgan fingerprint density at radius 3 is 2.76 bits per heavy atom. The van der Waals surface area contributed by atoms with Crippen LogP contribution in [0.2, 0.25) is 0 Å². The molecular formula is C20H28N2O2S. The number of benzene rings is 1. The van der Waals surface area contributed by atoms with Crippen LogP contribution < -0.4 is 10.1 Å². The molecule has 2 atom stereocenters. The first-order valence-electron chi connectivity index (χ1n) is 9.72. The van der Waals surface area contributed by atoms with Crippen molar-refractivity contribution in [2.75, 3.05) is 18.8 Å². The lowest BCUT2D eigenvalue weighted by Crippen LogP contribution is -2.47. The predicted octanol–water partition coefficient (Wildman–Crippen LogP) is 3.45. The van der Waals surface area contributed by atoms with Crippen LogP contribution in [0.1, 0.15) is 44.9 Å². The van der Waals surface area contributed by atoms with Gasteiger partial charge in [-0.2, -0.15) is 0 Å². The molecule has 0 bridgehead atoms. The van der Waals surface area contributed by atoms with E-state index < -0.39 is 0 Å². The number of likely N-dealkylation sites (tertiary alicyclic amines) is 1. The maximum atomic E-state index is 12.6. The second kappa shape index (κ2) is 8.00. The molecule has 0 radical (unpaired) electrons. The van der Waals surface area contributed by atoms with E-state index in [1.54, 1.807) is 11.8 Å². The summed E-state index contributed by atoms with van der Waals surface area (Å²) in [5.41, 5.74) is 0. The lowest BCUT2D eigenvalue weighted by molar-refractivity contribution is -0.127. The lowest BCUT2D eigenvalue weighted by Gasteiger charge is -2.28. The van der Waals surface area contributed by atoms with Gasteiger partial charge in [-0.05, 0) is 31.4 Å². The first kappa shape index (κ1) is 17.2. The molecule has 2 aliphatic heterocycles. The Hall–Kier alpha value is -1.20. The van der Waals surface area contributed by atoms with Crippen LogP contribution in [0, 0.1) is 0 Å². The van der Waals surface area contributed by atoms with Gasteiger partial charge in [0.25, 0.3) is 5.91 Å². The molecule has 4 rings (SSSR count). The molecule has 4 nitrogen and oxygen atoms in total. The Morgan fingerprint density at radius 1 is 1.12 bits per heavy atom. The van der Waals surface area contributed by atoms with Gasteiger partial charge >= 0.3 is 0 Å². The van der Waals surface area contributed by atoms with Gasteiger partial charge in [0.2, 0.25) is 0 Å². The molecule has 1 saturated heterocycles. The highest BCUT2D eigenvalue weighted by atomic mass is 32.2. The van der Waals surface area contributed by atoms with Gasteiger partial charge in [-0.25, -0.2) is 0 Å². The standard InChI is InChI=1S/C20H28N2O2S/c23-20(18-14-25-19-10-6-5-9-17(19)24-18)21-15-11-12-22(13-15)16-7-3-1-2-4-8-16/h5-6,9-10,15-16,18H,1-4,7-8,11-14H2,(H,21,23)/t15-,18-/m1/s1. The third-order valence-corrected chi connectivity index (χ3v) is 6.83. The monoisotopic (exact) mass is 360 g/mol. The minimum atomic E-state index is -0.369. The van der Waals surface area contributed by atoms with Crippen LogP contribution >= 0.6 is 11.8 Å². The van der Waals surface area contributed by atoms with Crippen LogP contribution in [-0.2, 0) is 4.79 Å². The van der Waals surface area contributed by atoms with Crippen molar-refractivity contribution in [3.05, 3.63) is 24.3 Å². The fraction of sp³-hybridized carbons (Fsp3) is 0.650. The van der Waals surface area contributed by atoms with Gasteiger partial charge in [0.15, 0.2) is 6.10 Å². The van der Waals surface area contributed by atoms with E-state index in [1.807, 2.05) is 18.2 Å². The van der Waals surface area contributed by atoms with Crippen molar-refractivity contribution in [3.63, 3.8) is 0 Å². The molecule has 1 saturated carbocycles. The predicted molar refractivity (Wildman–Crippen MR) is 101 cm³/mol. The van der Waals surface area contributed by atoms with Crippen LogP contribution in [0.15, 0.2) is 29.2 Å². The molecule has 2 fully saturated rings. The Morgan fingerprint density at radius 2 is 1.92 bits per heavy atom. The summed E-state index contributed by atoms with van der Waals surface area (Å²) in [6.45, 7) is 2.13. The summed E-state index contributed by atoms with van der Waals surface area (Å²) in [5, 5.41) is 3.25. The van der Waals surface area contributed by atoms with Gasteiger partial charge in [-0.15, -0.1) is 11.8 Å². The molecule has 3 aliphatic rings. The summed E-state index contributed by atoms with van der Waals surface area (Å²) in [5.74, 6) is 1.59. The maximum absolute atomic E-state index is 12.6. The average Bonchev–Trinajstić information content (AvgIpc) is 2.93. The Balaban J connectivity index is 1.29. The minimum absolute atomic E-state index is 0.0507. The molecule has 0 unspecified atom stereocenters. The summed E-state index contributed by atoms with van der Waals surface area (Å²) >= 11 is 1.71. The van der Waals surface area contributed by atoms with Crippen molar-refractivity contribution in [1.29, 1.82) is 0 Å². The van der Waals surface area contributed by atoms with E-state index >= 15 is 0 Å². The van der Waals surface area contributed by atoms with E-state index in [-0.39, 0.29) is 18.1 Å². The average molecular weight is 361 g/mol. The molecule has 1 aromatic rings. The molecule has 1 amide bonds. The number of thioether (sulfide) groups is 1. The van der Waals surface area contributed by atoms with E-state index in [0.717, 1.165) is 36.2 Å². The summed E-state index contributed by atoms with van der Waals surface area (Å²) in [6.07, 6.45) is 8.88. The molecule has 25 heavy (non-hydrogen) atoms. The van der Waals surface area contributed by atoms with Crippen molar-refractivity contribution in [2.24, 2.45) is 0 Å². The van der Waals surface area contributed by atoms with Gasteiger partial charge in [0, 0.05) is 35.8 Å². The number of nitrogens with zero attached hydrogens (tertiary/aromatic N) is 1. The highest BCUT2D eigenvalue weighted by Gasteiger charge is 2.32. The number of hydrogen-bond acceptors (Lipinski definition) is 4. The number of amides is 1. The molecule has 0 spiro atoms. The van der Waals surface area contributed by atoms with E-state index in [1.165, 1.54) is 38.5 Å². The van der Waals surface area contributed by atoms with Gasteiger partial charge in [0.05, 0.1) is 0 Å². The van der Waals surface area contributed by atoms with Gasteiger partial charge in [-0.1, -0.05) is 37.8 Å². The second-order valence-electron chi connectivity index (χ2n) is 7.50. The summed E-state index contributed by atoms with van der Waals surface area (Å²) in [6, 6.07) is 8.98. The number of ether oxygens (including phenoxy) is 1. The SMILES string of the molecule is O=C(N[C@@H]1CCN(C2CCCCCC2)C1)[C@H]1CSc2ccccc2O1. The normalized spacial score (nSPS) is 28.0. The summed E-state index contributed by atoms with van der Waals surface area (Å²) < 4.78 is 5.92. The van der Waals surface area contributed by atoms with Gasteiger partial charge in [-0.3, -0.25) is 9.69 Å². The molecular weight excluding hydrogens is 332 g/mol. The van der Waals surface area contributed by atoms with Gasteiger partial charge in [0.1, 0.15) is 5.75 Å². The van der Waals surface area contributed by atoms with Crippen molar-refractivity contribution < 1.29 is 9.53 Å². The van der Waals surface area contributed by atoms with Crippen LogP contribution in [0.3, 0.4) is 0 Å². The van der Waals surface area contributed by atoms with Crippen LogP contribution in [0.25, 0.3) is 0 Å². The van der Waals surface area contributed by atoms with Crippen molar-refractivity contribution in [2.45, 2.75) is 68.0 Å². The number of carbonyl (C=O) groups is 1. The van der Waals surface area contributed by atoms with E-state index in [2.05, 4.69) is 16.3 Å². The zero-order valence-electron chi connectivity index (χ0n) is 14.8. The first-order chi connectivity index (χ1) is 12.3. The largest absolute Gasteiger partial charge is 0.479 e. The van der Waals surface area contributed by atoms with Gasteiger partial charge < -0.3 is 10.1 Å². The highest BCUT2D eigenvalue weighted by molar-refractivity contribution is 7.99. The fourth-order valence-electron chi connectivity index (χ4n) is 4.30. The van der Waals surface area contributed by atoms with Crippen LogP contribution in [-0.4, -0.2) is 47.8 Å². The number of nitrogens with one attached hydrogen (secondary N) is 1. The molecule has 0 aromatic heterocycles. The van der Waals surface area contributed by atoms with Crippen LogP contribution in [0.5, 0.6) is 5.75 Å². The fourth-order valence-corrected chi connectivity index (χ4v) is 5.29. The second-order valence-corrected chi connectivity index (χ2v) is 8.56. The quantitative estimate of drug-likeness (QED) is 0.839. The molecule has 2 heterocycles. The lowest BCUT2D eigenvalue weighted by atomic mass is 10.1. The Kier molecular flexibility index (Phi) is 5.51. The molecule has 1 aromatic carbocycles. The highest BCUT2D eigenvalue weighted by Crippen LogP contribution is 2.35.